The molecule has 4 bridgehead atoms. The molecule has 0 saturated heterocycles. The van der Waals surface area contributed by atoms with Crippen molar-refractivity contribution in [2.45, 2.75) is 75.6 Å². The SMILES string of the molecule is COC1(OO[C@H]2CC[C@@H](c3ccc(OCCO)cc3)CC2)C2CC3CC(C2)CC1C3. The van der Waals surface area contributed by atoms with Crippen molar-refractivity contribution in [2.24, 2.45) is 23.7 Å². The summed E-state index contributed by atoms with van der Waals surface area (Å²) in [5.41, 5.74) is 1.36. The number of methoxy groups -OCH3 is 1. The van der Waals surface area contributed by atoms with Crippen molar-refractivity contribution in [3.8, 4) is 5.75 Å². The van der Waals surface area contributed by atoms with E-state index in [0.717, 1.165) is 43.3 Å². The van der Waals surface area contributed by atoms with Gasteiger partial charge in [0.25, 0.3) is 0 Å². The first-order valence-corrected chi connectivity index (χ1v) is 11.9. The Labute approximate surface area is 180 Å². The van der Waals surface area contributed by atoms with Crippen LogP contribution in [-0.2, 0) is 14.5 Å². The number of benzene rings is 1. The monoisotopic (exact) mass is 416 g/mol. The first-order chi connectivity index (χ1) is 14.7. The van der Waals surface area contributed by atoms with Crippen molar-refractivity contribution in [1.82, 2.24) is 0 Å². The number of aliphatic hydroxyl groups is 1. The first-order valence-electron chi connectivity index (χ1n) is 11.9. The first kappa shape index (κ1) is 20.7. The van der Waals surface area contributed by atoms with Crippen LogP contribution in [0.1, 0.15) is 69.3 Å². The average molecular weight is 417 g/mol. The fraction of sp³-hybridized carbons (Fsp3) is 0.760. The Hall–Kier alpha value is -1.14. The van der Waals surface area contributed by atoms with E-state index in [0.29, 0.717) is 24.4 Å². The summed E-state index contributed by atoms with van der Waals surface area (Å²) in [6.07, 6.45) is 10.8. The number of rotatable bonds is 8. The van der Waals surface area contributed by atoms with Crippen molar-refractivity contribution in [1.29, 1.82) is 0 Å². The highest BCUT2D eigenvalue weighted by atomic mass is 17.2. The molecule has 0 atom stereocenters. The Bertz CT molecular complexity index is 666. The summed E-state index contributed by atoms with van der Waals surface area (Å²) < 4.78 is 11.5. The van der Waals surface area contributed by atoms with Gasteiger partial charge in [0.2, 0.25) is 5.79 Å². The van der Waals surface area contributed by atoms with Crippen LogP contribution in [0.3, 0.4) is 0 Å². The van der Waals surface area contributed by atoms with Gasteiger partial charge >= 0.3 is 0 Å². The quantitative estimate of drug-likeness (QED) is 0.374. The zero-order chi connectivity index (χ0) is 20.6. The van der Waals surface area contributed by atoms with Gasteiger partial charge in [-0.05, 0) is 93.2 Å². The lowest BCUT2D eigenvalue weighted by Gasteiger charge is -2.58. The van der Waals surface area contributed by atoms with Gasteiger partial charge in [-0.3, -0.25) is 0 Å². The number of hydrogen-bond donors (Lipinski definition) is 1. The highest BCUT2D eigenvalue weighted by Crippen LogP contribution is 2.60. The molecule has 1 aromatic rings. The highest BCUT2D eigenvalue weighted by molar-refractivity contribution is 5.29. The molecule has 5 saturated carbocycles. The van der Waals surface area contributed by atoms with E-state index in [-0.39, 0.29) is 12.7 Å². The van der Waals surface area contributed by atoms with Crippen LogP contribution >= 0.6 is 0 Å². The van der Waals surface area contributed by atoms with Gasteiger partial charge in [0.05, 0.1) is 12.7 Å². The fourth-order valence-electron chi connectivity index (χ4n) is 6.98. The van der Waals surface area contributed by atoms with E-state index in [1.165, 1.54) is 37.7 Å². The molecule has 0 unspecified atom stereocenters. The summed E-state index contributed by atoms with van der Waals surface area (Å²) in [7, 11) is 1.82. The summed E-state index contributed by atoms with van der Waals surface area (Å²) in [4.78, 5) is 12.3. The third-order valence-corrected chi connectivity index (χ3v) is 8.30. The molecule has 6 rings (SSSR count). The van der Waals surface area contributed by atoms with E-state index >= 15 is 0 Å². The molecule has 1 N–H and O–H groups in total. The minimum atomic E-state index is -0.505. The molecule has 5 heteroatoms. The summed E-state index contributed by atoms with van der Waals surface area (Å²) in [6.45, 7) is 0.384. The van der Waals surface area contributed by atoms with E-state index in [1.54, 1.807) is 0 Å². The van der Waals surface area contributed by atoms with Crippen LogP contribution in [0.25, 0.3) is 0 Å². The van der Waals surface area contributed by atoms with Crippen LogP contribution in [0.2, 0.25) is 0 Å². The molecule has 0 heterocycles. The van der Waals surface area contributed by atoms with Crippen LogP contribution in [0, 0.1) is 23.7 Å². The standard InChI is InChI=1S/C25H36O5/c1-27-25(21-13-17-12-18(15-21)16-22(25)14-17)30-29-24-8-4-20(5-9-24)19-2-6-23(7-3-19)28-11-10-26/h2-3,6-7,17-18,20-22,24,26H,4-5,8-16H2,1H3/t17?,18?,20-,21?,22?,24+,25?. The zero-order valence-electron chi connectivity index (χ0n) is 18.1. The van der Waals surface area contributed by atoms with Crippen LogP contribution in [-0.4, -0.2) is 37.3 Å². The molecular weight excluding hydrogens is 380 g/mol. The smallest absolute Gasteiger partial charge is 0.207 e. The van der Waals surface area contributed by atoms with Gasteiger partial charge in [-0.2, -0.15) is 0 Å². The van der Waals surface area contributed by atoms with Gasteiger partial charge in [-0.1, -0.05) is 12.1 Å². The molecular formula is C25H36O5. The molecule has 5 fully saturated rings. The minimum absolute atomic E-state index is 0.0425. The average Bonchev–Trinajstić information content (AvgIpc) is 2.78. The summed E-state index contributed by atoms with van der Waals surface area (Å²) in [5.74, 6) is 3.65. The maximum atomic E-state index is 8.87. The molecule has 0 radical (unpaired) electrons. The predicted molar refractivity (Wildman–Crippen MR) is 113 cm³/mol. The Kier molecular flexibility index (Phi) is 6.07. The lowest BCUT2D eigenvalue weighted by atomic mass is 9.53. The maximum Gasteiger partial charge on any atom is 0.207 e. The molecule has 0 aromatic heterocycles. The second kappa shape index (κ2) is 8.78. The molecule has 0 aliphatic heterocycles. The van der Waals surface area contributed by atoms with Crippen molar-refractivity contribution in [2.75, 3.05) is 20.3 Å². The molecule has 0 amide bonds. The van der Waals surface area contributed by atoms with Gasteiger partial charge in [-0.25, -0.2) is 9.78 Å². The topological polar surface area (TPSA) is 57.2 Å². The van der Waals surface area contributed by atoms with Crippen LogP contribution < -0.4 is 4.74 Å². The molecule has 5 aliphatic rings. The van der Waals surface area contributed by atoms with Gasteiger partial charge in [0.15, 0.2) is 0 Å². The van der Waals surface area contributed by atoms with E-state index in [2.05, 4.69) is 12.1 Å². The Morgan fingerprint density at radius 1 is 0.900 bits per heavy atom. The molecule has 5 aliphatic carbocycles. The summed E-state index contributed by atoms with van der Waals surface area (Å²) in [5, 5.41) is 8.87. The second-order valence-electron chi connectivity index (χ2n) is 10.0. The van der Waals surface area contributed by atoms with Gasteiger partial charge in [-0.15, -0.1) is 0 Å². The minimum Gasteiger partial charge on any atom is -0.491 e. The molecule has 5 nitrogen and oxygen atoms in total. The summed E-state index contributed by atoms with van der Waals surface area (Å²) >= 11 is 0. The number of aliphatic hydroxyl groups excluding tert-OH is 1. The normalized spacial score (nSPS) is 39.9. The van der Waals surface area contributed by atoms with Gasteiger partial charge < -0.3 is 14.6 Å². The van der Waals surface area contributed by atoms with Crippen molar-refractivity contribution in [3.05, 3.63) is 29.8 Å². The van der Waals surface area contributed by atoms with E-state index in [1.807, 2.05) is 19.2 Å². The lowest BCUT2D eigenvalue weighted by Crippen LogP contribution is -2.60. The van der Waals surface area contributed by atoms with E-state index < -0.39 is 5.79 Å². The van der Waals surface area contributed by atoms with Crippen molar-refractivity contribution >= 4 is 0 Å². The van der Waals surface area contributed by atoms with E-state index in [9.17, 15) is 0 Å². The summed E-state index contributed by atoms with van der Waals surface area (Å²) in [6, 6.07) is 8.32. The fourth-order valence-corrected chi connectivity index (χ4v) is 6.98. The predicted octanol–water partition coefficient (Wildman–Crippen LogP) is 4.83. The van der Waals surface area contributed by atoms with Crippen LogP contribution in [0.15, 0.2) is 24.3 Å². The highest BCUT2D eigenvalue weighted by Gasteiger charge is 2.60. The molecule has 1 aromatic carbocycles. The third-order valence-electron chi connectivity index (χ3n) is 8.30. The van der Waals surface area contributed by atoms with Gasteiger partial charge in [0, 0.05) is 18.9 Å². The van der Waals surface area contributed by atoms with Gasteiger partial charge in [0.1, 0.15) is 12.4 Å². The third kappa shape index (κ3) is 3.90. The second-order valence-corrected chi connectivity index (χ2v) is 10.0. The van der Waals surface area contributed by atoms with E-state index in [4.69, 9.17) is 24.4 Å². The zero-order valence-corrected chi connectivity index (χ0v) is 18.1. The number of hydrogen-bond acceptors (Lipinski definition) is 5. The lowest BCUT2D eigenvalue weighted by molar-refractivity contribution is -0.485. The largest absolute Gasteiger partial charge is 0.491 e. The van der Waals surface area contributed by atoms with Crippen LogP contribution in [0.4, 0.5) is 0 Å². The van der Waals surface area contributed by atoms with Crippen molar-refractivity contribution in [3.63, 3.8) is 0 Å². The molecule has 30 heavy (non-hydrogen) atoms. The molecule has 0 spiro atoms. The van der Waals surface area contributed by atoms with Crippen molar-refractivity contribution < 1.29 is 24.4 Å². The molecule has 166 valence electrons. The van der Waals surface area contributed by atoms with Crippen LogP contribution in [0.5, 0.6) is 5.75 Å². The Morgan fingerprint density at radius 2 is 1.53 bits per heavy atom. The Morgan fingerprint density at radius 3 is 2.10 bits per heavy atom. The number of ether oxygens (including phenoxy) is 2. The maximum absolute atomic E-state index is 8.87. The Balaban J connectivity index is 1.13.